The summed E-state index contributed by atoms with van der Waals surface area (Å²) in [5.74, 6) is 0. The maximum atomic E-state index is 9.48. The molecular weight excluding hydrogens is 236 g/mol. The molecule has 1 aromatic rings. The van der Waals surface area contributed by atoms with Gasteiger partial charge in [-0.1, -0.05) is 38.1 Å². The predicted molar refractivity (Wildman–Crippen MR) is 79.2 cm³/mol. The van der Waals surface area contributed by atoms with E-state index in [1.54, 1.807) is 0 Å². The number of benzene rings is 1. The normalized spacial score (nSPS) is 18.1. The summed E-state index contributed by atoms with van der Waals surface area (Å²) in [5, 5.41) is 12.9. The highest BCUT2D eigenvalue weighted by atomic mass is 16.3. The monoisotopic (exact) mass is 262 g/mol. The molecule has 3 nitrogen and oxygen atoms in total. The zero-order chi connectivity index (χ0) is 13.7. The summed E-state index contributed by atoms with van der Waals surface area (Å²) in [4.78, 5) is 2.46. The number of hydrogen-bond acceptors (Lipinski definition) is 3. The number of aliphatic hydroxyl groups is 1. The van der Waals surface area contributed by atoms with Crippen LogP contribution in [0.4, 0.5) is 0 Å². The number of hydrogen-bond donors (Lipinski definition) is 2. The molecule has 0 aliphatic carbocycles. The molecule has 2 rings (SSSR count). The molecule has 2 N–H and O–H groups in total. The van der Waals surface area contributed by atoms with Crippen molar-refractivity contribution in [3.8, 4) is 0 Å². The number of nitrogens with one attached hydrogen (secondary N) is 1. The van der Waals surface area contributed by atoms with E-state index in [-0.39, 0.29) is 12.6 Å². The van der Waals surface area contributed by atoms with Gasteiger partial charge in [0.25, 0.3) is 0 Å². The Balaban J connectivity index is 1.98. The van der Waals surface area contributed by atoms with Crippen molar-refractivity contribution in [3.63, 3.8) is 0 Å². The Morgan fingerprint density at radius 2 is 2.00 bits per heavy atom. The number of aliphatic hydroxyl groups excluding tert-OH is 1. The molecular formula is C16H26N2O. The second kappa shape index (κ2) is 7.04. The Morgan fingerprint density at radius 3 is 2.68 bits per heavy atom. The Labute approximate surface area is 116 Å². The van der Waals surface area contributed by atoms with Gasteiger partial charge in [-0.15, -0.1) is 0 Å². The van der Waals surface area contributed by atoms with Crippen LogP contribution in [-0.4, -0.2) is 41.8 Å². The van der Waals surface area contributed by atoms with Crippen LogP contribution in [0.5, 0.6) is 0 Å². The van der Waals surface area contributed by atoms with E-state index in [9.17, 15) is 5.11 Å². The molecule has 106 valence electrons. The number of aryl methyl sites for hydroxylation is 1. The molecule has 0 bridgehead atoms. The highest BCUT2D eigenvalue weighted by Gasteiger charge is 2.18. The van der Waals surface area contributed by atoms with E-state index in [4.69, 9.17) is 0 Å². The van der Waals surface area contributed by atoms with E-state index in [0.717, 1.165) is 19.6 Å². The van der Waals surface area contributed by atoms with Crippen LogP contribution in [0.15, 0.2) is 24.3 Å². The molecule has 0 fully saturated rings. The molecule has 3 heteroatoms. The van der Waals surface area contributed by atoms with Gasteiger partial charge >= 0.3 is 0 Å². The maximum Gasteiger partial charge on any atom is 0.0597 e. The van der Waals surface area contributed by atoms with Crippen molar-refractivity contribution in [2.45, 2.75) is 45.3 Å². The van der Waals surface area contributed by atoms with Gasteiger partial charge in [-0.3, -0.25) is 4.90 Å². The van der Waals surface area contributed by atoms with E-state index >= 15 is 0 Å². The van der Waals surface area contributed by atoms with E-state index in [1.807, 2.05) is 0 Å². The van der Waals surface area contributed by atoms with E-state index in [1.165, 1.54) is 24.0 Å². The van der Waals surface area contributed by atoms with Crippen LogP contribution in [0.3, 0.4) is 0 Å². The van der Waals surface area contributed by atoms with Gasteiger partial charge in [0.05, 0.1) is 6.61 Å². The summed E-state index contributed by atoms with van der Waals surface area (Å²) in [6.07, 6.45) is 2.38. The number of rotatable bonds is 5. The third kappa shape index (κ3) is 4.30. The Bertz CT molecular complexity index is 392. The second-order valence-electron chi connectivity index (χ2n) is 5.81. The Morgan fingerprint density at radius 1 is 1.26 bits per heavy atom. The Kier molecular flexibility index (Phi) is 5.37. The average molecular weight is 262 g/mol. The van der Waals surface area contributed by atoms with Crippen LogP contribution in [0.1, 0.15) is 31.4 Å². The molecule has 1 atom stereocenters. The summed E-state index contributed by atoms with van der Waals surface area (Å²) < 4.78 is 0. The lowest BCUT2D eigenvalue weighted by molar-refractivity contribution is 0.172. The van der Waals surface area contributed by atoms with Gasteiger partial charge in [-0.05, 0) is 30.5 Å². The highest BCUT2D eigenvalue weighted by molar-refractivity contribution is 5.28. The SMILES string of the molecule is CC(C)NC(CO)CN1CCCc2ccccc2C1. The second-order valence-corrected chi connectivity index (χ2v) is 5.81. The summed E-state index contributed by atoms with van der Waals surface area (Å²) in [6.45, 7) is 7.50. The average Bonchev–Trinajstić information content (AvgIpc) is 2.59. The standard InChI is InChI=1S/C16H26N2O/c1-13(2)17-16(12-19)11-18-9-5-8-14-6-3-4-7-15(14)10-18/h3-4,6-7,13,16-17,19H,5,8-12H2,1-2H3. The molecule has 19 heavy (non-hydrogen) atoms. The van der Waals surface area contributed by atoms with Crippen molar-refractivity contribution in [2.75, 3.05) is 19.7 Å². The largest absolute Gasteiger partial charge is 0.395 e. The fraction of sp³-hybridized carbons (Fsp3) is 0.625. The molecule has 0 aromatic heterocycles. The van der Waals surface area contributed by atoms with E-state index in [2.05, 4.69) is 48.3 Å². The first-order valence-electron chi connectivity index (χ1n) is 7.35. The minimum atomic E-state index is 0.172. The molecule has 1 unspecified atom stereocenters. The first-order valence-corrected chi connectivity index (χ1v) is 7.35. The highest BCUT2D eigenvalue weighted by Crippen LogP contribution is 2.18. The summed E-state index contributed by atoms with van der Waals surface area (Å²) in [5.41, 5.74) is 2.93. The molecule has 1 aromatic carbocycles. The number of fused-ring (bicyclic) bond motifs is 1. The van der Waals surface area contributed by atoms with Crippen LogP contribution in [0, 0.1) is 0 Å². The van der Waals surface area contributed by atoms with Gasteiger partial charge in [0.15, 0.2) is 0 Å². The third-order valence-corrected chi connectivity index (χ3v) is 3.70. The lowest BCUT2D eigenvalue weighted by Crippen LogP contribution is -2.45. The smallest absolute Gasteiger partial charge is 0.0597 e. The van der Waals surface area contributed by atoms with Crippen molar-refractivity contribution in [2.24, 2.45) is 0 Å². The van der Waals surface area contributed by atoms with Crippen LogP contribution in [-0.2, 0) is 13.0 Å². The van der Waals surface area contributed by atoms with Crippen LogP contribution in [0.2, 0.25) is 0 Å². The van der Waals surface area contributed by atoms with Gasteiger partial charge in [0.2, 0.25) is 0 Å². The number of nitrogens with zero attached hydrogens (tertiary/aromatic N) is 1. The summed E-state index contributed by atoms with van der Waals surface area (Å²) in [6, 6.07) is 9.32. The van der Waals surface area contributed by atoms with Gasteiger partial charge < -0.3 is 10.4 Å². The topological polar surface area (TPSA) is 35.5 Å². The van der Waals surface area contributed by atoms with Gasteiger partial charge in [0.1, 0.15) is 0 Å². The third-order valence-electron chi connectivity index (χ3n) is 3.70. The van der Waals surface area contributed by atoms with Gasteiger partial charge in [-0.2, -0.15) is 0 Å². The van der Waals surface area contributed by atoms with E-state index in [0.29, 0.717) is 6.04 Å². The Hall–Kier alpha value is -0.900. The van der Waals surface area contributed by atoms with Crippen molar-refractivity contribution in [3.05, 3.63) is 35.4 Å². The zero-order valence-corrected chi connectivity index (χ0v) is 12.1. The van der Waals surface area contributed by atoms with Gasteiger partial charge in [-0.25, -0.2) is 0 Å². The molecule has 0 radical (unpaired) electrons. The van der Waals surface area contributed by atoms with Gasteiger partial charge in [0, 0.05) is 25.2 Å². The van der Waals surface area contributed by atoms with E-state index < -0.39 is 0 Å². The first-order chi connectivity index (χ1) is 9.19. The minimum absolute atomic E-state index is 0.172. The van der Waals surface area contributed by atoms with Crippen LogP contribution < -0.4 is 5.32 Å². The van der Waals surface area contributed by atoms with Crippen LogP contribution in [0.25, 0.3) is 0 Å². The lowest BCUT2D eigenvalue weighted by atomic mass is 10.0. The van der Waals surface area contributed by atoms with Crippen molar-refractivity contribution >= 4 is 0 Å². The fourth-order valence-corrected chi connectivity index (χ4v) is 2.87. The molecule has 1 aliphatic heterocycles. The lowest BCUT2D eigenvalue weighted by Gasteiger charge is -2.27. The molecule has 0 saturated carbocycles. The maximum absolute atomic E-state index is 9.48. The molecule has 0 amide bonds. The molecule has 0 saturated heterocycles. The zero-order valence-electron chi connectivity index (χ0n) is 12.1. The fourth-order valence-electron chi connectivity index (χ4n) is 2.87. The van der Waals surface area contributed by atoms with Crippen molar-refractivity contribution in [1.29, 1.82) is 0 Å². The minimum Gasteiger partial charge on any atom is -0.395 e. The summed E-state index contributed by atoms with van der Waals surface area (Å²) >= 11 is 0. The van der Waals surface area contributed by atoms with Crippen LogP contribution >= 0.6 is 0 Å². The predicted octanol–water partition coefficient (Wildman–Crippen LogP) is 1.79. The molecule has 0 spiro atoms. The first kappa shape index (κ1) is 14.5. The van der Waals surface area contributed by atoms with Crippen molar-refractivity contribution < 1.29 is 5.11 Å². The molecule has 1 aliphatic rings. The van der Waals surface area contributed by atoms with Crippen molar-refractivity contribution in [1.82, 2.24) is 10.2 Å². The molecule has 1 heterocycles. The quantitative estimate of drug-likeness (QED) is 0.849. The summed E-state index contributed by atoms with van der Waals surface area (Å²) in [7, 11) is 0.